The standard InChI is InChI=1S/ClH.Mg.O.Zr.2H/h1H;;;;;. The van der Waals surface area contributed by atoms with Crippen LogP contribution in [0, 0.1) is 0 Å². The van der Waals surface area contributed by atoms with Crippen LogP contribution in [0.1, 0.15) is 0 Å². The zero-order valence-electron chi connectivity index (χ0n) is 1.32. The molecule has 0 N–H and O–H groups in total. The molecule has 22 valence electrons. The normalized spacial score (nSPS) is 0.750. The van der Waals surface area contributed by atoms with Gasteiger partial charge in [0.05, 0.1) is 0 Å². The predicted octanol–water partition coefficient (Wildman–Crippen LogP) is -0.616. The summed E-state index contributed by atoms with van der Waals surface area (Å²) in [5, 5.41) is 0. The fraction of sp³-hybridized carbons (Fsp3) is 0. The van der Waals surface area contributed by atoms with Gasteiger partial charge in [0.15, 0.2) is 0 Å². The predicted molar refractivity (Wildman–Crippen MR) is 16.5 cm³/mol. The third kappa shape index (κ3) is 9.28. The van der Waals surface area contributed by atoms with Crippen molar-refractivity contribution in [2.24, 2.45) is 0 Å². The molecule has 0 unspecified atom stereocenters. The molecule has 0 aliphatic heterocycles. The molecule has 0 fully saturated rings. The number of rotatable bonds is 0. The summed E-state index contributed by atoms with van der Waals surface area (Å²) in [5.41, 5.74) is 0. The molecule has 0 saturated carbocycles. The van der Waals surface area contributed by atoms with E-state index in [1.54, 1.807) is 0 Å². The van der Waals surface area contributed by atoms with Crippen LogP contribution in [0.4, 0.5) is 0 Å². The topological polar surface area (TPSA) is 17.1 Å². The average Bonchev–Trinajstić information content (AvgIpc) is 1.00. The van der Waals surface area contributed by atoms with Crippen LogP contribution in [0.15, 0.2) is 0 Å². The molecular formula is H3ClMgOZr. The van der Waals surface area contributed by atoms with Gasteiger partial charge in [-0.2, -0.15) is 0 Å². The summed E-state index contributed by atoms with van der Waals surface area (Å²) in [7, 11) is 0. The van der Waals surface area contributed by atoms with E-state index in [2.05, 4.69) is 0 Å². The van der Waals surface area contributed by atoms with Crippen molar-refractivity contribution < 1.29 is 27.5 Å². The van der Waals surface area contributed by atoms with Crippen molar-refractivity contribution in [3.8, 4) is 0 Å². The number of hydrogen-bond acceptors (Lipinski definition) is 1. The molecule has 0 aromatic carbocycles. The monoisotopic (exact) mass is 168 g/mol. The molecule has 4 heavy (non-hydrogen) atoms. The van der Waals surface area contributed by atoms with Gasteiger partial charge in [0.1, 0.15) is 0 Å². The fourth-order valence-corrected chi connectivity index (χ4v) is 0. The fourth-order valence-electron chi connectivity index (χ4n) is 0. The van der Waals surface area contributed by atoms with Gasteiger partial charge in [0.25, 0.3) is 0 Å². The van der Waals surface area contributed by atoms with Crippen molar-refractivity contribution in [1.82, 2.24) is 0 Å². The molecule has 0 aromatic rings. The second-order valence-electron chi connectivity index (χ2n) is 0. The second kappa shape index (κ2) is 21.9. The number of halogens is 1. The first-order chi connectivity index (χ1) is 1.00. The van der Waals surface area contributed by atoms with Crippen LogP contribution in [0.5, 0.6) is 0 Å². The minimum atomic E-state index is 0. The summed E-state index contributed by atoms with van der Waals surface area (Å²) in [6.45, 7) is 0. The van der Waals surface area contributed by atoms with Gasteiger partial charge in [0, 0.05) is 0 Å². The van der Waals surface area contributed by atoms with Gasteiger partial charge in [0.2, 0.25) is 0 Å². The van der Waals surface area contributed by atoms with Gasteiger partial charge < -0.3 is 0 Å². The van der Waals surface area contributed by atoms with Gasteiger partial charge in [-0.3, -0.25) is 0 Å². The zero-order valence-corrected chi connectivity index (χ0v) is 4.59. The van der Waals surface area contributed by atoms with Gasteiger partial charge in [-0.1, -0.05) is 0 Å². The molecule has 0 saturated heterocycles. The Bertz CT molecular complexity index is 8.00. The van der Waals surface area contributed by atoms with Crippen molar-refractivity contribution in [2.45, 2.75) is 0 Å². The molecular weight excluding hydrogens is 167 g/mol. The van der Waals surface area contributed by atoms with Crippen molar-refractivity contribution in [2.75, 3.05) is 0 Å². The van der Waals surface area contributed by atoms with E-state index in [-0.39, 0.29) is 35.5 Å². The van der Waals surface area contributed by atoms with Gasteiger partial charge >= 0.3 is 50.6 Å². The summed E-state index contributed by atoms with van der Waals surface area (Å²) in [5.74, 6) is 0. The minimum absolute atomic E-state index is 0. The van der Waals surface area contributed by atoms with Crippen LogP contribution in [0.3, 0.4) is 0 Å². The molecule has 0 bridgehead atoms. The van der Waals surface area contributed by atoms with Crippen molar-refractivity contribution in [3.63, 3.8) is 0 Å². The summed E-state index contributed by atoms with van der Waals surface area (Å²) in [6.07, 6.45) is 0. The Morgan fingerprint density at radius 3 is 1.25 bits per heavy atom. The Kier molecular flexibility index (Phi) is 94.1. The average molecular weight is 170 g/mol. The maximum absolute atomic E-state index is 8.34. The summed E-state index contributed by atoms with van der Waals surface area (Å²) in [6, 6.07) is 0. The molecule has 0 atom stereocenters. The first-order valence-electron chi connectivity index (χ1n) is 0.204. The quantitative estimate of drug-likeness (QED) is 0.443. The van der Waals surface area contributed by atoms with Crippen molar-refractivity contribution >= 4 is 35.5 Å². The van der Waals surface area contributed by atoms with E-state index in [4.69, 9.17) is 2.81 Å². The third-order valence-electron chi connectivity index (χ3n) is 0. The van der Waals surface area contributed by atoms with Gasteiger partial charge in [-0.05, 0) is 0 Å². The second-order valence-corrected chi connectivity index (χ2v) is 0. The maximum atomic E-state index is 8.34. The molecule has 0 radical (unpaired) electrons. The van der Waals surface area contributed by atoms with Crippen LogP contribution in [0.25, 0.3) is 0 Å². The molecule has 0 heterocycles. The molecule has 0 aliphatic carbocycles. The molecule has 4 heteroatoms. The summed E-state index contributed by atoms with van der Waals surface area (Å²) >= 11 is 0.300. The van der Waals surface area contributed by atoms with Crippen LogP contribution in [-0.4, -0.2) is 23.1 Å². The van der Waals surface area contributed by atoms with Crippen LogP contribution < -0.4 is 0 Å². The Morgan fingerprint density at radius 1 is 1.25 bits per heavy atom. The van der Waals surface area contributed by atoms with E-state index in [1.165, 1.54) is 0 Å². The molecule has 1 nitrogen and oxygen atoms in total. The molecule has 0 rings (SSSR count). The Balaban J connectivity index is -0.00000000500. The summed E-state index contributed by atoms with van der Waals surface area (Å²) in [4.78, 5) is 0. The van der Waals surface area contributed by atoms with Crippen LogP contribution in [0.2, 0.25) is 0 Å². The molecule has 0 aromatic heterocycles. The van der Waals surface area contributed by atoms with Gasteiger partial charge in [-0.25, -0.2) is 0 Å². The molecule has 0 aliphatic rings. The van der Waals surface area contributed by atoms with E-state index in [0.29, 0.717) is 24.7 Å². The Morgan fingerprint density at radius 2 is 1.25 bits per heavy atom. The Hall–Kier alpha value is 1.74. The van der Waals surface area contributed by atoms with Crippen molar-refractivity contribution in [1.29, 1.82) is 0 Å². The summed E-state index contributed by atoms with van der Waals surface area (Å²) < 4.78 is 8.34. The van der Waals surface area contributed by atoms with Crippen molar-refractivity contribution in [3.05, 3.63) is 0 Å². The van der Waals surface area contributed by atoms with Crippen LogP contribution >= 0.6 is 12.4 Å². The van der Waals surface area contributed by atoms with E-state index in [0.717, 1.165) is 0 Å². The van der Waals surface area contributed by atoms with E-state index in [1.807, 2.05) is 0 Å². The van der Waals surface area contributed by atoms with Crippen LogP contribution in [-0.2, 0) is 27.5 Å². The molecule has 0 spiro atoms. The SMILES string of the molecule is Cl.[MgH2].[O]=[Zr]. The van der Waals surface area contributed by atoms with E-state index in [9.17, 15) is 0 Å². The van der Waals surface area contributed by atoms with E-state index < -0.39 is 0 Å². The third-order valence-corrected chi connectivity index (χ3v) is 0. The zero-order chi connectivity index (χ0) is 2.00. The first-order valence-corrected chi connectivity index (χ1v) is 1.21. The first kappa shape index (κ1) is 17.2. The Labute approximate surface area is 62.4 Å². The van der Waals surface area contributed by atoms with Gasteiger partial charge in [-0.15, -0.1) is 12.4 Å². The van der Waals surface area contributed by atoms with E-state index >= 15 is 0 Å². The molecule has 0 amide bonds. The number of hydrogen-bond donors (Lipinski definition) is 0.